The van der Waals surface area contributed by atoms with Gasteiger partial charge in [0.25, 0.3) is 0 Å². The van der Waals surface area contributed by atoms with Gasteiger partial charge in [0, 0.05) is 11.6 Å². The summed E-state index contributed by atoms with van der Waals surface area (Å²) in [6.07, 6.45) is 3.61. The molecule has 1 aliphatic rings. The molecule has 3 rings (SSSR count). The molecule has 1 N–H and O–H groups in total. The van der Waals surface area contributed by atoms with Gasteiger partial charge in [-0.15, -0.1) is 0 Å². The van der Waals surface area contributed by atoms with Crippen molar-refractivity contribution in [1.82, 2.24) is 15.0 Å². The van der Waals surface area contributed by atoms with Crippen molar-refractivity contribution in [2.45, 2.75) is 51.7 Å². The van der Waals surface area contributed by atoms with E-state index in [1.165, 1.54) is 6.42 Å². The third-order valence-corrected chi connectivity index (χ3v) is 4.27. The summed E-state index contributed by atoms with van der Waals surface area (Å²) < 4.78 is 10.9. The Kier molecular flexibility index (Phi) is 5.88. The number of ether oxygens (including phenoxy) is 1. The van der Waals surface area contributed by atoms with Crippen LogP contribution in [0.2, 0.25) is 0 Å². The molecular weight excluding hydrogens is 332 g/mol. The fourth-order valence-corrected chi connectivity index (χ4v) is 2.78. The smallest absolute Gasteiger partial charge is 0.238 e. The molecule has 1 aromatic heterocycles. The Balaban J connectivity index is 1.45. The molecule has 1 amide bonds. The van der Waals surface area contributed by atoms with Gasteiger partial charge < -0.3 is 14.6 Å². The SMILES string of the molecule is CC(C)Oc1ccc(NC(=O)CN(C)Cc2noc(C3CCC3)n2)cc1. The summed E-state index contributed by atoms with van der Waals surface area (Å²) in [7, 11) is 1.86. The van der Waals surface area contributed by atoms with Crippen LogP contribution in [0, 0.1) is 0 Å². The summed E-state index contributed by atoms with van der Waals surface area (Å²) in [5, 5.41) is 6.89. The molecule has 1 aliphatic carbocycles. The minimum atomic E-state index is -0.0901. The van der Waals surface area contributed by atoms with Crippen LogP contribution in [0.5, 0.6) is 5.75 Å². The number of benzene rings is 1. The predicted octanol–water partition coefficient (Wildman–Crippen LogP) is 3.19. The number of rotatable bonds is 8. The van der Waals surface area contributed by atoms with Gasteiger partial charge in [-0.05, 0) is 58.0 Å². The fraction of sp³-hybridized carbons (Fsp3) is 0.526. The Hall–Kier alpha value is -2.41. The van der Waals surface area contributed by atoms with E-state index in [2.05, 4.69) is 15.5 Å². The molecule has 140 valence electrons. The number of nitrogens with one attached hydrogen (secondary N) is 1. The van der Waals surface area contributed by atoms with E-state index in [0.717, 1.165) is 30.2 Å². The zero-order valence-electron chi connectivity index (χ0n) is 15.6. The maximum atomic E-state index is 12.2. The molecule has 1 heterocycles. The minimum absolute atomic E-state index is 0.0901. The molecule has 26 heavy (non-hydrogen) atoms. The molecule has 0 aliphatic heterocycles. The van der Waals surface area contributed by atoms with Gasteiger partial charge in [-0.3, -0.25) is 9.69 Å². The van der Waals surface area contributed by atoms with Crippen molar-refractivity contribution in [2.24, 2.45) is 0 Å². The highest BCUT2D eigenvalue weighted by Gasteiger charge is 2.25. The lowest BCUT2D eigenvalue weighted by Crippen LogP contribution is -2.30. The molecule has 0 saturated heterocycles. The van der Waals surface area contributed by atoms with E-state index in [1.807, 2.05) is 50.1 Å². The van der Waals surface area contributed by atoms with Gasteiger partial charge in [0.05, 0.1) is 19.2 Å². The number of likely N-dealkylation sites (N-methyl/N-ethyl adjacent to an activating group) is 1. The van der Waals surface area contributed by atoms with Crippen LogP contribution in [0.15, 0.2) is 28.8 Å². The Labute approximate surface area is 153 Å². The average molecular weight is 358 g/mol. The summed E-state index contributed by atoms with van der Waals surface area (Å²) in [6.45, 7) is 4.68. The molecule has 0 unspecified atom stereocenters. The topological polar surface area (TPSA) is 80.5 Å². The second-order valence-electron chi connectivity index (χ2n) is 7.09. The van der Waals surface area contributed by atoms with Crippen LogP contribution in [0.25, 0.3) is 0 Å². The van der Waals surface area contributed by atoms with Gasteiger partial charge in [-0.2, -0.15) is 4.98 Å². The quantitative estimate of drug-likeness (QED) is 0.780. The highest BCUT2D eigenvalue weighted by molar-refractivity contribution is 5.92. The van der Waals surface area contributed by atoms with Gasteiger partial charge in [-0.25, -0.2) is 0 Å². The molecule has 0 bridgehead atoms. The second kappa shape index (κ2) is 8.31. The lowest BCUT2D eigenvalue weighted by molar-refractivity contribution is -0.117. The number of aromatic nitrogens is 2. The van der Waals surface area contributed by atoms with Gasteiger partial charge in [0.1, 0.15) is 5.75 Å². The van der Waals surface area contributed by atoms with Gasteiger partial charge in [0.2, 0.25) is 11.8 Å². The van der Waals surface area contributed by atoms with Crippen molar-refractivity contribution < 1.29 is 14.1 Å². The Bertz CT molecular complexity index is 723. The summed E-state index contributed by atoms with van der Waals surface area (Å²) in [5.74, 6) is 2.47. The van der Waals surface area contributed by atoms with Crippen molar-refractivity contribution in [3.05, 3.63) is 36.0 Å². The first-order valence-electron chi connectivity index (χ1n) is 9.07. The van der Waals surface area contributed by atoms with Gasteiger partial charge in [-0.1, -0.05) is 11.6 Å². The zero-order valence-corrected chi connectivity index (χ0v) is 15.6. The number of anilines is 1. The summed E-state index contributed by atoms with van der Waals surface area (Å²) >= 11 is 0. The van der Waals surface area contributed by atoms with E-state index in [9.17, 15) is 4.79 Å². The number of carbonyl (C=O) groups excluding carboxylic acids is 1. The van der Waals surface area contributed by atoms with Crippen LogP contribution in [0.3, 0.4) is 0 Å². The van der Waals surface area contributed by atoms with Crippen LogP contribution >= 0.6 is 0 Å². The molecule has 1 fully saturated rings. The van der Waals surface area contributed by atoms with Crippen molar-refractivity contribution in [3.63, 3.8) is 0 Å². The predicted molar refractivity (Wildman–Crippen MR) is 98.1 cm³/mol. The molecular formula is C19H26N4O3. The number of hydrogen-bond acceptors (Lipinski definition) is 6. The van der Waals surface area contributed by atoms with Gasteiger partial charge in [0.15, 0.2) is 5.82 Å². The molecule has 1 saturated carbocycles. The number of nitrogens with zero attached hydrogens (tertiary/aromatic N) is 3. The van der Waals surface area contributed by atoms with Crippen molar-refractivity contribution >= 4 is 11.6 Å². The van der Waals surface area contributed by atoms with Gasteiger partial charge >= 0.3 is 0 Å². The molecule has 2 aromatic rings. The first kappa shape index (κ1) is 18.4. The Morgan fingerprint density at radius 1 is 1.35 bits per heavy atom. The second-order valence-corrected chi connectivity index (χ2v) is 7.09. The molecule has 0 radical (unpaired) electrons. The number of amides is 1. The highest BCUT2D eigenvalue weighted by atomic mass is 16.5. The summed E-state index contributed by atoms with van der Waals surface area (Å²) in [6, 6.07) is 7.36. The first-order valence-corrected chi connectivity index (χ1v) is 9.07. The van der Waals surface area contributed by atoms with Crippen LogP contribution < -0.4 is 10.1 Å². The van der Waals surface area contributed by atoms with E-state index in [1.54, 1.807) is 0 Å². The normalized spacial score (nSPS) is 14.5. The third-order valence-electron chi connectivity index (χ3n) is 4.27. The van der Waals surface area contributed by atoms with Crippen molar-refractivity contribution in [1.29, 1.82) is 0 Å². The maximum Gasteiger partial charge on any atom is 0.238 e. The average Bonchev–Trinajstić information content (AvgIpc) is 2.94. The maximum absolute atomic E-state index is 12.2. The summed E-state index contributed by atoms with van der Waals surface area (Å²) in [4.78, 5) is 18.5. The Morgan fingerprint density at radius 3 is 2.69 bits per heavy atom. The third kappa shape index (κ3) is 5.05. The summed E-state index contributed by atoms with van der Waals surface area (Å²) in [5.41, 5.74) is 0.742. The number of carbonyl (C=O) groups is 1. The lowest BCUT2D eigenvalue weighted by atomic mass is 9.85. The Morgan fingerprint density at radius 2 is 2.08 bits per heavy atom. The largest absolute Gasteiger partial charge is 0.491 e. The van der Waals surface area contributed by atoms with Crippen LogP contribution in [-0.2, 0) is 11.3 Å². The molecule has 0 spiro atoms. The molecule has 7 heteroatoms. The van der Waals surface area contributed by atoms with E-state index in [-0.39, 0.29) is 18.6 Å². The molecule has 0 atom stereocenters. The van der Waals surface area contributed by atoms with Crippen molar-refractivity contribution in [2.75, 3.05) is 18.9 Å². The minimum Gasteiger partial charge on any atom is -0.491 e. The zero-order chi connectivity index (χ0) is 18.5. The lowest BCUT2D eigenvalue weighted by Gasteiger charge is -2.20. The van der Waals surface area contributed by atoms with E-state index in [4.69, 9.17) is 9.26 Å². The van der Waals surface area contributed by atoms with Crippen LogP contribution in [-0.4, -0.2) is 40.6 Å². The monoisotopic (exact) mass is 358 g/mol. The molecule has 1 aromatic carbocycles. The first-order chi connectivity index (χ1) is 12.5. The van der Waals surface area contributed by atoms with Crippen molar-refractivity contribution in [3.8, 4) is 5.75 Å². The number of hydrogen-bond donors (Lipinski definition) is 1. The highest BCUT2D eigenvalue weighted by Crippen LogP contribution is 2.35. The molecule has 7 nitrogen and oxygen atoms in total. The van der Waals surface area contributed by atoms with Crippen LogP contribution in [0.4, 0.5) is 5.69 Å². The fourth-order valence-electron chi connectivity index (χ4n) is 2.78. The van der Waals surface area contributed by atoms with E-state index < -0.39 is 0 Å². The van der Waals surface area contributed by atoms with E-state index in [0.29, 0.717) is 18.3 Å². The van der Waals surface area contributed by atoms with Crippen LogP contribution in [0.1, 0.15) is 50.7 Å². The standard InChI is InChI=1S/C19H26N4O3/c1-13(2)25-16-9-7-15(8-10-16)20-18(24)12-23(3)11-17-21-19(26-22-17)14-5-4-6-14/h7-10,13-14H,4-6,11-12H2,1-3H3,(H,20,24). The van der Waals surface area contributed by atoms with E-state index >= 15 is 0 Å².